The fraction of sp³-hybridized carbons (Fsp3) is 0.714. The van der Waals surface area contributed by atoms with Crippen LogP contribution in [0.3, 0.4) is 0 Å². The number of rotatable bonds is 2. The molecule has 0 aliphatic heterocycles. The van der Waals surface area contributed by atoms with Crippen LogP contribution in [-0.2, 0) is 0 Å². The lowest BCUT2D eigenvalue weighted by molar-refractivity contribution is 0.732. The fourth-order valence-corrected chi connectivity index (χ4v) is 1.35. The predicted molar refractivity (Wildman–Crippen MR) is 38.5 cm³/mol. The first-order valence-electron chi connectivity index (χ1n) is 3.43. The van der Waals surface area contributed by atoms with Crippen molar-refractivity contribution in [3.05, 3.63) is 0 Å². The summed E-state index contributed by atoms with van der Waals surface area (Å²) in [6.45, 7) is 0. The molecule has 1 saturated carbocycles. The molecule has 0 aromatic carbocycles. The van der Waals surface area contributed by atoms with Crippen LogP contribution in [0.5, 0.6) is 0 Å². The Hall–Kier alpha value is -0.660. The van der Waals surface area contributed by atoms with Gasteiger partial charge in [0.15, 0.2) is 0 Å². The second-order valence-corrected chi connectivity index (χ2v) is 2.58. The van der Waals surface area contributed by atoms with Crippen LogP contribution >= 0.6 is 0 Å². The van der Waals surface area contributed by atoms with Gasteiger partial charge in [-0.3, -0.25) is 0 Å². The molecule has 0 amide bonds. The van der Waals surface area contributed by atoms with E-state index in [4.69, 9.17) is 10.8 Å². The quantitative estimate of drug-likeness (QED) is 0.528. The minimum absolute atomic E-state index is 0.419. The third-order valence-corrected chi connectivity index (χ3v) is 1.95. The lowest BCUT2D eigenvalue weighted by Crippen LogP contribution is -2.09. The SMILES string of the molecule is N=CC(=N)C1CCCC1. The molecule has 0 saturated heterocycles. The average molecular weight is 124 g/mol. The predicted octanol–water partition coefficient (Wildman–Crippen LogP) is 1.85. The minimum atomic E-state index is 0.419. The molecule has 0 aromatic rings. The summed E-state index contributed by atoms with van der Waals surface area (Å²) >= 11 is 0. The maximum absolute atomic E-state index is 7.29. The summed E-state index contributed by atoms with van der Waals surface area (Å²) in [5.41, 5.74) is 0.521. The van der Waals surface area contributed by atoms with Gasteiger partial charge in [-0.05, 0) is 12.8 Å². The molecule has 9 heavy (non-hydrogen) atoms. The van der Waals surface area contributed by atoms with Crippen molar-refractivity contribution in [3.8, 4) is 0 Å². The van der Waals surface area contributed by atoms with Crippen LogP contribution in [0.2, 0.25) is 0 Å². The van der Waals surface area contributed by atoms with Crippen LogP contribution in [0, 0.1) is 16.7 Å². The molecule has 2 N–H and O–H groups in total. The Morgan fingerprint density at radius 2 is 1.89 bits per heavy atom. The van der Waals surface area contributed by atoms with E-state index in [9.17, 15) is 0 Å². The van der Waals surface area contributed by atoms with Crippen LogP contribution in [0.1, 0.15) is 25.7 Å². The molecule has 0 atom stereocenters. The maximum Gasteiger partial charge on any atom is 0.0520 e. The molecule has 1 aliphatic carbocycles. The second-order valence-electron chi connectivity index (χ2n) is 2.58. The molecule has 2 heteroatoms. The van der Waals surface area contributed by atoms with Crippen LogP contribution in [0.4, 0.5) is 0 Å². The van der Waals surface area contributed by atoms with Gasteiger partial charge in [0.2, 0.25) is 0 Å². The molecule has 0 radical (unpaired) electrons. The van der Waals surface area contributed by atoms with Crippen molar-refractivity contribution in [1.82, 2.24) is 0 Å². The Bertz CT molecular complexity index is 123. The Morgan fingerprint density at radius 3 is 2.33 bits per heavy atom. The van der Waals surface area contributed by atoms with Crippen LogP contribution in [0.25, 0.3) is 0 Å². The lowest BCUT2D eigenvalue weighted by Gasteiger charge is -2.03. The first-order chi connectivity index (χ1) is 4.34. The van der Waals surface area contributed by atoms with E-state index in [0.717, 1.165) is 12.8 Å². The van der Waals surface area contributed by atoms with Crippen LogP contribution in [0.15, 0.2) is 0 Å². The van der Waals surface area contributed by atoms with Gasteiger partial charge in [0.05, 0.1) is 5.71 Å². The van der Waals surface area contributed by atoms with E-state index in [0.29, 0.717) is 11.6 Å². The van der Waals surface area contributed by atoms with Gasteiger partial charge in [-0.1, -0.05) is 12.8 Å². The average Bonchev–Trinajstić information content (AvgIpc) is 2.37. The number of nitrogens with one attached hydrogen (secondary N) is 2. The Kier molecular flexibility index (Phi) is 1.98. The molecule has 0 aromatic heterocycles. The molecular formula is C7H12N2. The Balaban J connectivity index is 2.41. The van der Waals surface area contributed by atoms with Crippen molar-refractivity contribution in [2.24, 2.45) is 5.92 Å². The normalized spacial score (nSPS) is 20.0. The Morgan fingerprint density at radius 1 is 1.33 bits per heavy atom. The maximum atomic E-state index is 7.29. The van der Waals surface area contributed by atoms with E-state index >= 15 is 0 Å². The zero-order valence-electron chi connectivity index (χ0n) is 5.48. The summed E-state index contributed by atoms with van der Waals surface area (Å²) in [5, 5.41) is 14.1. The highest BCUT2D eigenvalue weighted by Crippen LogP contribution is 2.24. The molecule has 0 heterocycles. The van der Waals surface area contributed by atoms with Crippen molar-refractivity contribution in [3.63, 3.8) is 0 Å². The zero-order chi connectivity index (χ0) is 6.69. The van der Waals surface area contributed by atoms with Gasteiger partial charge in [-0.15, -0.1) is 0 Å². The summed E-state index contributed by atoms with van der Waals surface area (Å²) in [6, 6.07) is 0. The molecule has 50 valence electrons. The highest BCUT2D eigenvalue weighted by Gasteiger charge is 2.17. The van der Waals surface area contributed by atoms with E-state index < -0.39 is 0 Å². The molecule has 1 rings (SSSR count). The van der Waals surface area contributed by atoms with E-state index in [-0.39, 0.29) is 0 Å². The standard InChI is InChI=1S/C7H12N2/c8-5-7(9)6-3-1-2-4-6/h5-6,8-9H,1-4H2. The van der Waals surface area contributed by atoms with Crippen molar-refractivity contribution in [2.45, 2.75) is 25.7 Å². The van der Waals surface area contributed by atoms with Gasteiger partial charge in [0.1, 0.15) is 0 Å². The van der Waals surface area contributed by atoms with E-state index in [1.165, 1.54) is 19.1 Å². The second kappa shape index (κ2) is 2.76. The van der Waals surface area contributed by atoms with E-state index in [1.54, 1.807) is 0 Å². The van der Waals surface area contributed by atoms with Crippen LogP contribution in [-0.4, -0.2) is 11.9 Å². The van der Waals surface area contributed by atoms with Gasteiger partial charge >= 0.3 is 0 Å². The summed E-state index contributed by atoms with van der Waals surface area (Å²) in [4.78, 5) is 0. The highest BCUT2D eigenvalue weighted by atomic mass is 14.5. The molecule has 1 aliphatic rings. The van der Waals surface area contributed by atoms with Crippen molar-refractivity contribution in [2.75, 3.05) is 0 Å². The lowest BCUT2D eigenvalue weighted by atomic mass is 10.0. The van der Waals surface area contributed by atoms with Gasteiger partial charge in [0.25, 0.3) is 0 Å². The van der Waals surface area contributed by atoms with Crippen molar-refractivity contribution < 1.29 is 0 Å². The van der Waals surface area contributed by atoms with Gasteiger partial charge in [0, 0.05) is 12.1 Å². The van der Waals surface area contributed by atoms with E-state index in [2.05, 4.69) is 0 Å². The summed E-state index contributed by atoms with van der Waals surface area (Å²) in [5.74, 6) is 0.419. The molecular weight excluding hydrogens is 112 g/mol. The smallest absolute Gasteiger partial charge is 0.0520 e. The molecule has 0 bridgehead atoms. The van der Waals surface area contributed by atoms with Crippen molar-refractivity contribution >= 4 is 11.9 Å². The number of hydrogen-bond acceptors (Lipinski definition) is 2. The first-order valence-corrected chi connectivity index (χ1v) is 3.43. The minimum Gasteiger partial charge on any atom is -0.307 e. The topological polar surface area (TPSA) is 47.7 Å². The third-order valence-electron chi connectivity index (χ3n) is 1.95. The molecule has 1 fully saturated rings. The third kappa shape index (κ3) is 1.37. The summed E-state index contributed by atoms with van der Waals surface area (Å²) < 4.78 is 0. The highest BCUT2D eigenvalue weighted by molar-refractivity contribution is 6.28. The molecule has 0 unspecified atom stereocenters. The van der Waals surface area contributed by atoms with Gasteiger partial charge in [-0.25, -0.2) is 0 Å². The first kappa shape index (κ1) is 6.46. The largest absolute Gasteiger partial charge is 0.307 e. The van der Waals surface area contributed by atoms with Crippen LogP contribution < -0.4 is 0 Å². The molecule has 2 nitrogen and oxygen atoms in total. The summed E-state index contributed by atoms with van der Waals surface area (Å²) in [7, 11) is 0. The molecule has 0 spiro atoms. The monoisotopic (exact) mass is 124 g/mol. The van der Waals surface area contributed by atoms with Gasteiger partial charge < -0.3 is 10.8 Å². The Labute approximate surface area is 55.3 Å². The van der Waals surface area contributed by atoms with E-state index in [1.807, 2.05) is 0 Å². The fourth-order valence-electron chi connectivity index (χ4n) is 1.35. The zero-order valence-corrected chi connectivity index (χ0v) is 5.48. The van der Waals surface area contributed by atoms with Crippen molar-refractivity contribution in [1.29, 1.82) is 10.8 Å². The number of hydrogen-bond donors (Lipinski definition) is 2. The summed E-state index contributed by atoms with van der Waals surface area (Å²) in [6.07, 6.45) is 5.94. The van der Waals surface area contributed by atoms with Gasteiger partial charge in [-0.2, -0.15) is 0 Å².